The van der Waals surface area contributed by atoms with Crippen LogP contribution in [0.25, 0.3) is 10.8 Å². The highest BCUT2D eigenvalue weighted by molar-refractivity contribution is 7.09. The zero-order chi connectivity index (χ0) is 13.0. The number of hydrogen-bond acceptors (Lipinski definition) is 7. The first kappa shape index (κ1) is 13.1. The van der Waals surface area contributed by atoms with Gasteiger partial charge in [-0.25, -0.2) is 0 Å². The third kappa shape index (κ3) is 2.56. The summed E-state index contributed by atoms with van der Waals surface area (Å²) in [5.41, 5.74) is 0.909. The smallest absolute Gasteiger partial charge is 0.261 e. The van der Waals surface area contributed by atoms with Crippen LogP contribution in [0.3, 0.4) is 0 Å². The topological polar surface area (TPSA) is 76.7 Å². The van der Waals surface area contributed by atoms with Gasteiger partial charge < -0.3 is 9.73 Å². The molecule has 2 aromatic rings. The van der Waals surface area contributed by atoms with Crippen molar-refractivity contribution in [2.45, 2.75) is 39.7 Å². The zero-order valence-corrected chi connectivity index (χ0v) is 11.6. The van der Waals surface area contributed by atoms with Crippen LogP contribution in [0.4, 0.5) is 0 Å². The van der Waals surface area contributed by atoms with E-state index in [9.17, 15) is 0 Å². The molecule has 0 aromatic carbocycles. The van der Waals surface area contributed by atoms with Crippen LogP contribution in [0, 0.1) is 0 Å². The van der Waals surface area contributed by atoms with Crippen LogP contribution in [-0.4, -0.2) is 26.3 Å². The maximum Gasteiger partial charge on any atom is 0.261 e. The Kier molecular flexibility index (Phi) is 4.38. The van der Waals surface area contributed by atoms with Gasteiger partial charge in [0.15, 0.2) is 0 Å². The van der Waals surface area contributed by atoms with Crippen molar-refractivity contribution in [2.75, 3.05) is 6.54 Å². The third-order valence-corrected chi connectivity index (χ3v) is 3.44. The van der Waals surface area contributed by atoms with Crippen molar-refractivity contribution < 1.29 is 4.42 Å². The monoisotopic (exact) mass is 267 g/mol. The Bertz CT molecular complexity index is 495. The maximum atomic E-state index is 5.72. The first-order valence-electron chi connectivity index (χ1n) is 6.18. The lowest BCUT2D eigenvalue weighted by atomic mass is 10.2. The summed E-state index contributed by atoms with van der Waals surface area (Å²) in [6.45, 7) is 7.05. The van der Waals surface area contributed by atoms with E-state index in [2.05, 4.69) is 38.9 Å². The molecule has 0 radical (unpaired) electrons. The molecule has 1 N–H and O–H groups in total. The summed E-state index contributed by atoms with van der Waals surface area (Å²) in [6, 6.07) is 0.113. The van der Waals surface area contributed by atoms with Crippen molar-refractivity contribution in [1.82, 2.24) is 25.1 Å². The Hall–Kier alpha value is -1.34. The van der Waals surface area contributed by atoms with Gasteiger partial charge in [0.05, 0.1) is 11.7 Å². The summed E-state index contributed by atoms with van der Waals surface area (Å²) in [4.78, 5) is 0.877. The van der Waals surface area contributed by atoms with E-state index in [-0.39, 0.29) is 6.04 Å². The fraction of sp³-hybridized carbons (Fsp3) is 0.636. The van der Waals surface area contributed by atoms with Gasteiger partial charge in [-0.3, -0.25) is 0 Å². The summed E-state index contributed by atoms with van der Waals surface area (Å²) in [5, 5.41) is 15.6. The Balaban J connectivity index is 2.24. The zero-order valence-electron chi connectivity index (χ0n) is 10.8. The maximum absolute atomic E-state index is 5.72. The minimum Gasteiger partial charge on any atom is -0.418 e. The van der Waals surface area contributed by atoms with Crippen molar-refractivity contribution in [3.05, 3.63) is 11.6 Å². The summed E-state index contributed by atoms with van der Waals surface area (Å²) in [6.07, 6.45) is 1.73. The first-order valence-corrected chi connectivity index (χ1v) is 6.95. The Morgan fingerprint density at radius 3 is 2.72 bits per heavy atom. The highest BCUT2D eigenvalue weighted by Gasteiger charge is 2.19. The SMILES string of the molecule is CCNC(CC)c1nnc(-c2snnc2CC)o1. The molecule has 0 aliphatic heterocycles. The minimum absolute atomic E-state index is 0.113. The molecular formula is C11H17N5OS. The Labute approximate surface area is 110 Å². The van der Waals surface area contributed by atoms with Crippen molar-refractivity contribution in [1.29, 1.82) is 0 Å². The predicted molar refractivity (Wildman–Crippen MR) is 69.3 cm³/mol. The molecule has 2 rings (SSSR count). The van der Waals surface area contributed by atoms with Crippen LogP contribution >= 0.6 is 11.5 Å². The molecule has 1 atom stereocenters. The largest absolute Gasteiger partial charge is 0.418 e. The standard InChI is InChI=1S/C11H17N5OS/c1-4-7-9(18-16-13-7)11-15-14-10(17-11)8(5-2)12-6-3/h8,12H,4-6H2,1-3H3. The minimum atomic E-state index is 0.113. The van der Waals surface area contributed by atoms with E-state index in [4.69, 9.17) is 4.42 Å². The molecule has 0 spiro atoms. The molecular weight excluding hydrogens is 250 g/mol. The van der Waals surface area contributed by atoms with Crippen LogP contribution in [-0.2, 0) is 6.42 Å². The highest BCUT2D eigenvalue weighted by Crippen LogP contribution is 2.27. The number of hydrogen-bond donors (Lipinski definition) is 1. The Morgan fingerprint density at radius 1 is 1.22 bits per heavy atom. The molecule has 7 heteroatoms. The molecule has 0 saturated heterocycles. The fourth-order valence-electron chi connectivity index (χ4n) is 1.72. The molecule has 6 nitrogen and oxygen atoms in total. The summed E-state index contributed by atoms with van der Waals surface area (Å²) in [5.74, 6) is 1.15. The van der Waals surface area contributed by atoms with E-state index in [1.165, 1.54) is 11.5 Å². The van der Waals surface area contributed by atoms with Crippen molar-refractivity contribution >= 4 is 11.5 Å². The number of nitrogens with zero attached hydrogens (tertiary/aromatic N) is 4. The van der Waals surface area contributed by atoms with E-state index >= 15 is 0 Å². The van der Waals surface area contributed by atoms with Gasteiger partial charge in [0.25, 0.3) is 5.89 Å². The second-order valence-electron chi connectivity index (χ2n) is 3.87. The molecule has 2 aromatic heterocycles. The van der Waals surface area contributed by atoms with Gasteiger partial charge >= 0.3 is 0 Å². The number of aromatic nitrogens is 4. The number of rotatable bonds is 6. The molecule has 0 bridgehead atoms. The normalized spacial score (nSPS) is 12.8. The lowest BCUT2D eigenvalue weighted by Crippen LogP contribution is -2.20. The van der Waals surface area contributed by atoms with Gasteiger partial charge in [-0.15, -0.1) is 15.3 Å². The van der Waals surface area contributed by atoms with Gasteiger partial charge in [-0.05, 0) is 30.9 Å². The van der Waals surface area contributed by atoms with Crippen molar-refractivity contribution in [3.8, 4) is 10.8 Å². The second kappa shape index (κ2) is 6.01. The molecule has 98 valence electrons. The van der Waals surface area contributed by atoms with E-state index in [0.29, 0.717) is 11.8 Å². The van der Waals surface area contributed by atoms with Crippen molar-refractivity contribution in [2.24, 2.45) is 0 Å². The molecule has 18 heavy (non-hydrogen) atoms. The van der Waals surface area contributed by atoms with Gasteiger partial charge in [0.2, 0.25) is 5.89 Å². The average molecular weight is 267 g/mol. The van der Waals surface area contributed by atoms with Gasteiger partial charge in [-0.2, -0.15) is 0 Å². The first-order chi connectivity index (χ1) is 8.80. The third-order valence-electron chi connectivity index (χ3n) is 2.68. The van der Waals surface area contributed by atoms with Crippen LogP contribution < -0.4 is 5.32 Å². The van der Waals surface area contributed by atoms with Crippen LogP contribution in [0.1, 0.15) is 44.8 Å². The summed E-state index contributed by atoms with van der Waals surface area (Å²) >= 11 is 1.30. The van der Waals surface area contributed by atoms with Crippen LogP contribution in [0.15, 0.2) is 4.42 Å². The summed E-state index contributed by atoms with van der Waals surface area (Å²) < 4.78 is 9.65. The molecule has 0 aliphatic rings. The predicted octanol–water partition coefficient (Wildman–Crippen LogP) is 2.21. The van der Waals surface area contributed by atoms with Gasteiger partial charge in [0.1, 0.15) is 4.88 Å². The van der Waals surface area contributed by atoms with Crippen LogP contribution in [0.5, 0.6) is 0 Å². The quantitative estimate of drug-likeness (QED) is 0.864. The Morgan fingerprint density at radius 2 is 2.06 bits per heavy atom. The highest BCUT2D eigenvalue weighted by atomic mass is 32.1. The molecule has 0 amide bonds. The molecule has 0 saturated carbocycles. The van der Waals surface area contributed by atoms with E-state index in [0.717, 1.165) is 30.0 Å². The number of nitrogens with one attached hydrogen (secondary N) is 1. The van der Waals surface area contributed by atoms with Crippen LogP contribution in [0.2, 0.25) is 0 Å². The number of aryl methyl sites for hydroxylation is 1. The molecule has 0 aliphatic carbocycles. The van der Waals surface area contributed by atoms with E-state index < -0.39 is 0 Å². The molecule has 1 unspecified atom stereocenters. The molecule has 2 heterocycles. The lowest BCUT2D eigenvalue weighted by Gasteiger charge is -2.09. The average Bonchev–Trinajstić information content (AvgIpc) is 3.03. The fourth-order valence-corrected chi connectivity index (χ4v) is 2.39. The van der Waals surface area contributed by atoms with E-state index in [1.807, 2.05) is 6.92 Å². The van der Waals surface area contributed by atoms with E-state index in [1.54, 1.807) is 0 Å². The van der Waals surface area contributed by atoms with Crippen molar-refractivity contribution in [3.63, 3.8) is 0 Å². The van der Waals surface area contributed by atoms with Gasteiger partial charge in [0, 0.05) is 0 Å². The summed E-state index contributed by atoms with van der Waals surface area (Å²) in [7, 11) is 0. The van der Waals surface area contributed by atoms with Gasteiger partial charge in [-0.1, -0.05) is 25.3 Å². The second-order valence-corrected chi connectivity index (χ2v) is 4.62. The lowest BCUT2D eigenvalue weighted by molar-refractivity contribution is 0.402. The molecule has 0 fully saturated rings.